The van der Waals surface area contributed by atoms with E-state index >= 15 is 0 Å². The van der Waals surface area contributed by atoms with Crippen LogP contribution in [0.15, 0.2) is 229 Å². The number of hydrogen-bond acceptors (Lipinski definition) is 2. The molecule has 0 unspecified atom stereocenters. The van der Waals surface area contributed by atoms with Crippen LogP contribution in [0.3, 0.4) is 0 Å². The zero-order valence-electron chi connectivity index (χ0n) is 37.3. The molecule has 10 aromatic carbocycles. The fourth-order valence-electron chi connectivity index (χ4n) is 11.3. The van der Waals surface area contributed by atoms with Gasteiger partial charge in [-0.25, -0.2) is 0 Å². The van der Waals surface area contributed by atoms with E-state index < -0.39 is 0 Å². The molecule has 13 rings (SSSR count). The van der Waals surface area contributed by atoms with E-state index in [1.54, 1.807) is 0 Å². The van der Waals surface area contributed by atoms with Gasteiger partial charge in [0.2, 0.25) is 0 Å². The highest BCUT2D eigenvalue weighted by Gasteiger charge is 2.25. The normalized spacial score (nSPS) is 13.3. The van der Waals surface area contributed by atoms with E-state index in [0.717, 1.165) is 61.4 Å². The number of furan rings is 1. The lowest BCUT2D eigenvalue weighted by Crippen LogP contribution is -2.13. The molecule has 0 radical (unpaired) electrons. The van der Waals surface area contributed by atoms with Gasteiger partial charge in [-0.3, -0.25) is 0 Å². The van der Waals surface area contributed by atoms with Crippen LogP contribution >= 0.6 is 0 Å². The summed E-state index contributed by atoms with van der Waals surface area (Å²) in [6.07, 6.45) is 6.41. The first-order valence-electron chi connectivity index (χ1n) is 23.9. The molecule has 3 heteroatoms. The van der Waals surface area contributed by atoms with E-state index in [1.807, 2.05) is 6.07 Å². The summed E-state index contributed by atoms with van der Waals surface area (Å²) in [6.45, 7) is 0. The fourth-order valence-corrected chi connectivity index (χ4v) is 11.3. The number of hydrogen-bond donors (Lipinski definition) is 0. The number of aromatic nitrogens is 1. The second-order valence-corrected chi connectivity index (χ2v) is 18.2. The van der Waals surface area contributed by atoms with Crippen LogP contribution in [0.25, 0.3) is 93.6 Å². The van der Waals surface area contributed by atoms with Gasteiger partial charge in [-0.05, 0) is 130 Å². The zero-order valence-corrected chi connectivity index (χ0v) is 37.3. The van der Waals surface area contributed by atoms with Gasteiger partial charge in [0.1, 0.15) is 11.2 Å². The van der Waals surface area contributed by atoms with Crippen molar-refractivity contribution in [3.63, 3.8) is 0 Å². The maximum atomic E-state index is 6.27. The highest BCUT2D eigenvalue weighted by molar-refractivity contribution is 6.11. The fraction of sp³-hybridized carbons (Fsp3) is 0.0938. The molecule has 12 aromatic rings. The summed E-state index contributed by atoms with van der Waals surface area (Å²) in [6, 6.07) is 82.5. The molecule has 1 aliphatic carbocycles. The van der Waals surface area contributed by atoms with Crippen molar-refractivity contribution in [3.05, 3.63) is 230 Å². The molecule has 320 valence electrons. The van der Waals surface area contributed by atoms with Crippen LogP contribution in [-0.4, -0.2) is 4.57 Å². The minimum Gasteiger partial charge on any atom is -0.456 e. The summed E-state index contributed by atoms with van der Waals surface area (Å²) >= 11 is 0. The Morgan fingerprint density at radius 1 is 0.403 bits per heavy atom. The number of anilines is 3. The van der Waals surface area contributed by atoms with E-state index in [0.29, 0.717) is 5.92 Å². The summed E-state index contributed by atoms with van der Waals surface area (Å²) in [7, 11) is 0. The van der Waals surface area contributed by atoms with E-state index in [2.05, 4.69) is 228 Å². The molecule has 2 aromatic heterocycles. The first-order chi connectivity index (χ1) is 33.2. The van der Waals surface area contributed by atoms with Gasteiger partial charge in [-0.15, -0.1) is 0 Å². The van der Waals surface area contributed by atoms with E-state index in [1.165, 1.54) is 86.9 Å². The van der Waals surface area contributed by atoms with Gasteiger partial charge in [0.15, 0.2) is 0 Å². The lowest BCUT2D eigenvalue weighted by Gasteiger charge is -2.31. The molecule has 0 saturated heterocycles. The second kappa shape index (κ2) is 16.4. The molecule has 0 bridgehead atoms. The summed E-state index contributed by atoms with van der Waals surface area (Å²) in [4.78, 5) is 2.51. The summed E-state index contributed by atoms with van der Waals surface area (Å²) in [5.41, 5.74) is 17.3. The number of rotatable bonds is 8. The van der Waals surface area contributed by atoms with Crippen molar-refractivity contribution < 1.29 is 4.42 Å². The van der Waals surface area contributed by atoms with Gasteiger partial charge in [0.25, 0.3) is 0 Å². The topological polar surface area (TPSA) is 21.3 Å². The van der Waals surface area contributed by atoms with Crippen molar-refractivity contribution in [2.45, 2.75) is 38.0 Å². The minimum absolute atomic E-state index is 0.562. The highest BCUT2D eigenvalue weighted by atomic mass is 16.3. The minimum atomic E-state index is 0.562. The van der Waals surface area contributed by atoms with Crippen LogP contribution in [0.4, 0.5) is 17.1 Å². The molecule has 1 aliphatic rings. The molecule has 0 spiro atoms. The Kier molecular flexibility index (Phi) is 9.60. The largest absolute Gasteiger partial charge is 0.456 e. The Labute approximate surface area is 390 Å². The Hall–Kier alpha value is -8.14. The molecule has 0 amide bonds. The summed E-state index contributed by atoms with van der Waals surface area (Å²) in [5, 5.41) is 7.41. The Morgan fingerprint density at radius 3 is 1.90 bits per heavy atom. The number of fused-ring (bicyclic) bond motifs is 7. The maximum Gasteiger partial charge on any atom is 0.135 e. The van der Waals surface area contributed by atoms with Crippen LogP contribution in [0.1, 0.15) is 43.6 Å². The molecular weight excluding hydrogens is 813 g/mol. The lowest BCUT2D eigenvalue weighted by atomic mass is 9.80. The molecule has 0 aliphatic heterocycles. The third kappa shape index (κ3) is 6.72. The molecular formula is C64H48N2O. The molecule has 1 saturated carbocycles. The summed E-state index contributed by atoms with van der Waals surface area (Å²) in [5.74, 6) is 0.562. The van der Waals surface area contributed by atoms with E-state index in [4.69, 9.17) is 4.42 Å². The number of nitrogens with zero attached hydrogens (tertiary/aromatic N) is 2. The van der Waals surface area contributed by atoms with Gasteiger partial charge in [-0.2, -0.15) is 0 Å². The van der Waals surface area contributed by atoms with Crippen LogP contribution < -0.4 is 4.90 Å². The maximum absolute atomic E-state index is 6.27. The Bertz CT molecular complexity index is 3810. The third-order valence-corrected chi connectivity index (χ3v) is 14.4. The van der Waals surface area contributed by atoms with Gasteiger partial charge in [-0.1, -0.05) is 171 Å². The molecule has 67 heavy (non-hydrogen) atoms. The monoisotopic (exact) mass is 860 g/mol. The van der Waals surface area contributed by atoms with Crippen LogP contribution in [0.2, 0.25) is 0 Å². The predicted molar refractivity (Wildman–Crippen MR) is 282 cm³/mol. The van der Waals surface area contributed by atoms with Crippen molar-refractivity contribution in [2.75, 3.05) is 4.90 Å². The molecule has 0 atom stereocenters. The quantitative estimate of drug-likeness (QED) is 0.152. The van der Waals surface area contributed by atoms with Gasteiger partial charge < -0.3 is 13.9 Å². The van der Waals surface area contributed by atoms with E-state index in [9.17, 15) is 0 Å². The second-order valence-electron chi connectivity index (χ2n) is 18.2. The average Bonchev–Trinajstić information content (AvgIpc) is 3.94. The third-order valence-electron chi connectivity index (χ3n) is 14.4. The molecule has 3 nitrogen and oxygen atoms in total. The van der Waals surface area contributed by atoms with Crippen molar-refractivity contribution >= 4 is 71.6 Å². The molecule has 2 heterocycles. The first-order valence-corrected chi connectivity index (χ1v) is 23.9. The molecule has 0 N–H and O–H groups in total. The van der Waals surface area contributed by atoms with Crippen molar-refractivity contribution in [3.8, 4) is 39.1 Å². The standard InChI is InChI=1S/C64H48N2O/c1-3-18-43(19-4-1)51-30-16-20-44-21-17-31-55(64(44)51)52-27-8-12-33-59(52)66(49-25-15-22-45(40-49)46-37-39-63-57(41-46)54-29-10-14-35-62(54)67-63)58-32-11-7-26-50(58)47-36-38-61-56(42-47)53-28-9-13-34-60(53)65(61)48-23-5-2-6-24-48/h2,5-17,20-43H,1,3-4,18-19H2. The van der Waals surface area contributed by atoms with Crippen molar-refractivity contribution in [1.82, 2.24) is 4.57 Å². The Balaban J connectivity index is 1.03. The van der Waals surface area contributed by atoms with Crippen molar-refractivity contribution in [2.24, 2.45) is 0 Å². The van der Waals surface area contributed by atoms with Gasteiger partial charge >= 0.3 is 0 Å². The smallest absolute Gasteiger partial charge is 0.135 e. The predicted octanol–water partition coefficient (Wildman–Crippen LogP) is 18.4. The van der Waals surface area contributed by atoms with Crippen LogP contribution in [-0.2, 0) is 0 Å². The van der Waals surface area contributed by atoms with Crippen LogP contribution in [0, 0.1) is 0 Å². The van der Waals surface area contributed by atoms with Gasteiger partial charge in [0.05, 0.1) is 22.4 Å². The SMILES string of the molecule is c1ccc(-n2c3ccccc3c3cc(-c4ccccc4N(c4cccc(-c5ccc6oc7ccccc7c6c5)c4)c4ccccc4-c4cccc5cccc(C6CCCCC6)c45)ccc32)cc1. The average molecular weight is 861 g/mol. The number of para-hydroxylation sites is 5. The summed E-state index contributed by atoms with van der Waals surface area (Å²) < 4.78 is 8.67. The number of benzene rings is 10. The first kappa shape index (κ1) is 39.2. The van der Waals surface area contributed by atoms with Crippen molar-refractivity contribution in [1.29, 1.82) is 0 Å². The van der Waals surface area contributed by atoms with Gasteiger partial charge in [0, 0.05) is 44.0 Å². The van der Waals surface area contributed by atoms with Crippen LogP contribution in [0.5, 0.6) is 0 Å². The highest BCUT2D eigenvalue weighted by Crippen LogP contribution is 2.49. The Morgan fingerprint density at radius 2 is 1.03 bits per heavy atom. The zero-order chi connectivity index (χ0) is 44.3. The van der Waals surface area contributed by atoms with E-state index in [-0.39, 0.29) is 0 Å². The molecule has 1 fully saturated rings. The lowest BCUT2D eigenvalue weighted by molar-refractivity contribution is 0.445.